The highest BCUT2D eigenvalue weighted by Crippen LogP contribution is 2.33. The molecule has 13 heteroatoms. The third-order valence-electron chi connectivity index (χ3n) is 6.29. The number of hydrogen-bond acceptors (Lipinski definition) is 7. The van der Waals surface area contributed by atoms with Gasteiger partial charge in [0.2, 0.25) is 5.95 Å². The first-order valence-corrected chi connectivity index (χ1v) is 12.3. The summed E-state index contributed by atoms with van der Waals surface area (Å²) in [6.45, 7) is 5.68. The first-order valence-electron chi connectivity index (χ1n) is 11.9. The Bertz CT molecular complexity index is 1530. The molecule has 200 valence electrons. The average Bonchev–Trinajstić information content (AvgIpc) is 3.27. The number of alkyl halides is 3. The quantitative estimate of drug-likeness (QED) is 0.322. The molecule has 0 radical (unpaired) electrons. The largest absolute Gasteiger partial charge is 0.476 e. The van der Waals surface area contributed by atoms with Crippen LogP contribution >= 0.6 is 11.6 Å². The van der Waals surface area contributed by atoms with E-state index in [9.17, 15) is 23.1 Å². The minimum absolute atomic E-state index is 0.0507. The Morgan fingerprint density at radius 3 is 2.63 bits per heavy atom. The number of aryl methyl sites for hydroxylation is 1. The maximum absolute atomic E-state index is 13.2. The number of carboxylic acids is 1. The van der Waals surface area contributed by atoms with Crippen molar-refractivity contribution in [2.45, 2.75) is 32.5 Å². The van der Waals surface area contributed by atoms with Crippen LogP contribution in [0.3, 0.4) is 0 Å². The average molecular weight is 549 g/mol. The minimum atomic E-state index is -4.41. The third-order valence-corrected chi connectivity index (χ3v) is 6.50. The molecule has 0 spiro atoms. The zero-order valence-electron chi connectivity index (χ0n) is 20.5. The van der Waals surface area contributed by atoms with E-state index in [2.05, 4.69) is 15.3 Å². The molecule has 9 nitrogen and oxygen atoms in total. The number of nitrogens with one attached hydrogen (secondary N) is 1. The summed E-state index contributed by atoms with van der Waals surface area (Å²) >= 11 is 5.90. The van der Waals surface area contributed by atoms with Gasteiger partial charge in [0.1, 0.15) is 10.8 Å². The van der Waals surface area contributed by atoms with E-state index in [1.54, 1.807) is 4.40 Å². The summed E-state index contributed by atoms with van der Waals surface area (Å²) in [5, 5.41) is 13.4. The number of rotatable bonds is 6. The topological polar surface area (TPSA) is 105 Å². The molecular weight excluding hydrogens is 525 g/mol. The number of carbonyl (C=O) groups is 1. The van der Waals surface area contributed by atoms with Gasteiger partial charge < -0.3 is 20.1 Å². The van der Waals surface area contributed by atoms with E-state index in [0.717, 1.165) is 11.1 Å². The van der Waals surface area contributed by atoms with Gasteiger partial charge >= 0.3 is 12.1 Å². The lowest BCUT2D eigenvalue weighted by Gasteiger charge is -2.29. The lowest BCUT2D eigenvalue weighted by atomic mass is 10.0. The Labute approximate surface area is 220 Å². The Kier molecular flexibility index (Phi) is 6.78. The summed E-state index contributed by atoms with van der Waals surface area (Å²) in [4.78, 5) is 26.9. The number of pyridine rings is 1. The molecule has 0 bridgehead atoms. The van der Waals surface area contributed by atoms with E-state index in [-0.39, 0.29) is 22.2 Å². The molecule has 0 saturated carbocycles. The summed E-state index contributed by atoms with van der Waals surface area (Å²) in [6.07, 6.45) is -4.17. The van der Waals surface area contributed by atoms with Crippen molar-refractivity contribution in [1.29, 1.82) is 0 Å². The fourth-order valence-corrected chi connectivity index (χ4v) is 4.81. The molecule has 1 fully saturated rings. The van der Waals surface area contributed by atoms with Crippen LogP contribution in [0.2, 0.25) is 5.15 Å². The number of ether oxygens (including phenoxy) is 1. The van der Waals surface area contributed by atoms with Gasteiger partial charge in [0.25, 0.3) is 0 Å². The highest BCUT2D eigenvalue weighted by molar-refractivity contribution is 6.29. The zero-order chi connectivity index (χ0) is 27.2. The minimum Gasteiger partial charge on any atom is -0.476 e. The van der Waals surface area contributed by atoms with E-state index < -0.39 is 24.6 Å². The van der Waals surface area contributed by atoms with Crippen LogP contribution in [0.25, 0.3) is 16.6 Å². The standard InChI is InChI=1S/C25H24ClF3N6O3/c1-13-9-16(14(2)30-18-3-4-19(26)32-21(18)23(36)37)20-17(10-13)22-31-15(11-25(27,28)29)12-35(22)24(33-20)34-5-7-38-8-6-34/h3-4,9-10,12,14,30H,5-8,11H2,1-2H3,(H,36,37)/t14-/m1/s1. The predicted molar refractivity (Wildman–Crippen MR) is 136 cm³/mol. The molecule has 1 aliphatic rings. The van der Waals surface area contributed by atoms with Crippen LogP contribution < -0.4 is 10.2 Å². The second kappa shape index (κ2) is 9.91. The zero-order valence-corrected chi connectivity index (χ0v) is 21.3. The molecule has 0 unspecified atom stereocenters. The van der Waals surface area contributed by atoms with Gasteiger partial charge in [-0.25, -0.2) is 19.7 Å². The molecule has 38 heavy (non-hydrogen) atoms. The molecule has 4 aromatic rings. The fraction of sp³-hybridized carbons (Fsp3) is 0.360. The van der Waals surface area contributed by atoms with Crippen LogP contribution in [0.4, 0.5) is 24.8 Å². The van der Waals surface area contributed by atoms with Crippen molar-refractivity contribution >= 4 is 45.8 Å². The summed E-state index contributed by atoms with van der Waals surface area (Å²) in [7, 11) is 0. The van der Waals surface area contributed by atoms with E-state index in [1.165, 1.54) is 18.3 Å². The van der Waals surface area contributed by atoms with Crippen molar-refractivity contribution in [3.63, 3.8) is 0 Å². The molecular formula is C25H24ClF3N6O3. The molecule has 4 heterocycles. The van der Waals surface area contributed by atoms with Gasteiger partial charge in [0, 0.05) is 30.2 Å². The van der Waals surface area contributed by atoms with Crippen molar-refractivity contribution in [1.82, 2.24) is 19.4 Å². The Balaban J connectivity index is 1.68. The second-order valence-electron chi connectivity index (χ2n) is 9.18. The van der Waals surface area contributed by atoms with E-state index in [1.807, 2.05) is 30.9 Å². The first kappa shape index (κ1) is 26.0. The molecule has 1 saturated heterocycles. The number of anilines is 2. The summed E-state index contributed by atoms with van der Waals surface area (Å²) in [6, 6.07) is 6.33. The normalized spacial score (nSPS) is 15.3. The van der Waals surface area contributed by atoms with Gasteiger partial charge in [-0.05, 0) is 37.6 Å². The van der Waals surface area contributed by atoms with Crippen LogP contribution in [0.15, 0.2) is 30.5 Å². The number of hydrogen-bond donors (Lipinski definition) is 2. The third kappa shape index (κ3) is 5.18. The number of carboxylic acid groups (broad SMARTS) is 1. The molecule has 1 atom stereocenters. The van der Waals surface area contributed by atoms with Crippen molar-refractivity contribution < 1.29 is 27.8 Å². The number of halogens is 4. The molecule has 3 aromatic heterocycles. The number of aromatic carboxylic acids is 1. The smallest absolute Gasteiger partial charge is 0.394 e. The van der Waals surface area contributed by atoms with Crippen LogP contribution in [-0.4, -0.2) is 62.9 Å². The Morgan fingerprint density at radius 1 is 1.21 bits per heavy atom. The number of nitrogens with zero attached hydrogens (tertiary/aromatic N) is 5. The summed E-state index contributed by atoms with van der Waals surface area (Å²) in [5.74, 6) is -0.770. The Morgan fingerprint density at radius 2 is 1.95 bits per heavy atom. The van der Waals surface area contributed by atoms with Crippen LogP contribution in [-0.2, 0) is 11.2 Å². The number of aromatic nitrogens is 4. The molecule has 0 amide bonds. The predicted octanol–water partition coefficient (Wildman–Crippen LogP) is 5.05. The lowest BCUT2D eigenvalue weighted by Crippen LogP contribution is -2.38. The van der Waals surface area contributed by atoms with Gasteiger partial charge in [0.05, 0.1) is 42.6 Å². The summed E-state index contributed by atoms with van der Waals surface area (Å²) in [5.41, 5.74) is 2.43. The van der Waals surface area contributed by atoms with E-state index in [0.29, 0.717) is 48.8 Å². The van der Waals surface area contributed by atoms with Gasteiger partial charge in [-0.2, -0.15) is 13.2 Å². The maximum atomic E-state index is 13.2. The van der Waals surface area contributed by atoms with Crippen LogP contribution in [0.1, 0.15) is 40.3 Å². The number of fused-ring (bicyclic) bond motifs is 3. The first-order chi connectivity index (χ1) is 18.0. The highest BCUT2D eigenvalue weighted by atomic mass is 35.5. The highest BCUT2D eigenvalue weighted by Gasteiger charge is 2.30. The fourth-order valence-electron chi connectivity index (χ4n) is 4.66. The SMILES string of the molecule is Cc1cc([C@@H](C)Nc2ccc(Cl)nc2C(=O)O)c2nc(N3CCOCC3)n3cc(CC(F)(F)F)nc3c2c1. The van der Waals surface area contributed by atoms with Crippen molar-refractivity contribution in [3.05, 3.63) is 58.1 Å². The second-order valence-corrected chi connectivity index (χ2v) is 9.57. The van der Waals surface area contributed by atoms with E-state index >= 15 is 0 Å². The van der Waals surface area contributed by atoms with Gasteiger partial charge in [0.15, 0.2) is 5.69 Å². The van der Waals surface area contributed by atoms with Gasteiger partial charge in [-0.15, -0.1) is 0 Å². The monoisotopic (exact) mass is 548 g/mol. The molecule has 2 N–H and O–H groups in total. The molecule has 5 rings (SSSR count). The van der Waals surface area contributed by atoms with Crippen molar-refractivity contribution in [2.24, 2.45) is 0 Å². The van der Waals surface area contributed by atoms with Gasteiger partial charge in [-0.3, -0.25) is 4.40 Å². The van der Waals surface area contributed by atoms with E-state index in [4.69, 9.17) is 21.3 Å². The number of benzene rings is 1. The maximum Gasteiger partial charge on any atom is 0.394 e. The molecule has 0 aliphatic carbocycles. The van der Waals surface area contributed by atoms with Crippen molar-refractivity contribution in [3.8, 4) is 0 Å². The number of morpholine rings is 1. The number of imidazole rings is 1. The lowest BCUT2D eigenvalue weighted by molar-refractivity contribution is -0.127. The van der Waals surface area contributed by atoms with Crippen LogP contribution in [0.5, 0.6) is 0 Å². The Hall–Kier alpha value is -3.64. The molecule has 1 aliphatic heterocycles. The molecule has 1 aromatic carbocycles. The van der Waals surface area contributed by atoms with Crippen molar-refractivity contribution in [2.75, 3.05) is 36.5 Å². The van der Waals surface area contributed by atoms with Crippen LogP contribution in [0, 0.1) is 6.92 Å². The summed E-state index contributed by atoms with van der Waals surface area (Å²) < 4.78 is 46.8. The van der Waals surface area contributed by atoms with Gasteiger partial charge in [-0.1, -0.05) is 17.7 Å².